The van der Waals surface area contributed by atoms with Crippen LogP contribution in [0.1, 0.15) is 12.5 Å². The van der Waals surface area contributed by atoms with E-state index in [1.54, 1.807) is 13.1 Å². The predicted octanol–water partition coefficient (Wildman–Crippen LogP) is 2.24. The molecule has 1 N–H and O–H groups in total. The van der Waals surface area contributed by atoms with Gasteiger partial charge < -0.3 is 10.1 Å². The molecule has 0 spiro atoms. The van der Waals surface area contributed by atoms with Gasteiger partial charge in [-0.15, -0.1) is 0 Å². The summed E-state index contributed by atoms with van der Waals surface area (Å²) in [5.41, 5.74) is -1.68. The Morgan fingerprint density at radius 2 is 2.13 bits per heavy atom. The number of ether oxygens (including phenoxy) is 1. The van der Waals surface area contributed by atoms with Crippen molar-refractivity contribution >= 4 is 0 Å². The monoisotopic (exact) mass is 215 g/mol. The molecule has 1 atom stereocenters. The molecule has 1 aromatic rings. The molecule has 0 saturated heterocycles. The van der Waals surface area contributed by atoms with Crippen molar-refractivity contribution in [2.45, 2.75) is 12.6 Å². The van der Waals surface area contributed by atoms with Gasteiger partial charge in [-0.25, -0.2) is 8.78 Å². The molecule has 2 nitrogen and oxygen atoms in total. The van der Waals surface area contributed by atoms with Crippen LogP contribution in [0.5, 0.6) is 5.75 Å². The molecule has 0 aliphatic carbocycles. The van der Waals surface area contributed by atoms with Crippen LogP contribution in [0.15, 0.2) is 18.2 Å². The molecular weight excluding hydrogens is 200 g/mol. The van der Waals surface area contributed by atoms with E-state index in [4.69, 9.17) is 4.74 Å². The maximum absolute atomic E-state index is 14.0. The third-order valence-corrected chi connectivity index (χ3v) is 2.25. The lowest BCUT2D eigenvalue weighted by molar-refractivity contribution is 0.184. The third kappa shape index (κ3) is 2.65. The number of methoxy groups -OCH3 is 1. The number of nitrogens with one attached hydrogen (secondary N) is 1. The van der Waals surface area contributed by atoms with Crippen LogP contribution in [-0.4, -0.2) is 20.7 Å². The molecule has 4 heteroatoms. The van der Waals surface area contributed by atoms with Gasteiger partial charge >= 0.3 is 0 Å². The van der Waals surface area contributed by atoms with E-state index in [1.165, 1.54) is 26.2 Å². The van der Waals surface area contributed by atoms with Crippen LogP contribution in [0.4, 0.5) is 8.78 Å². The van der Waals surface area contributed by atoms with Crippen LogP contribution in [0, 0.1) is 5.82 Å². The molecule has 15 heavy (non-hydrogen) atoms. The fourth-order valence-corrected chi connectivity index (χ4v) is 1.47. The van der Waals surface area contributed by atoms with Crippen molar-refractivity contribution in [1.82, 2.24) is 5.32 Å². The Balaban J connectivity index is 3.04. The first-order chi connectivity index (χ1) is 7.01. The second-order valence-corrected chi connectivity index (χ2v) is 3.57. The standard InChI is InChI=1S/C11H15F2NO/c1-11(13,7-14-2)9-5-4-8(15-3)6-10(9)12/h4-6,14H,7H2,1-3H3. The van der Waals surface area contributed by atoms with Crippen LogP contribution < -0.4 is 10.1 Å². The quantitative estimate of drug-likeness (QED) is 0.831. The predicted molar refractivity (Wildman–Crippen MR) is 55.3 cm³/mol. The van der Waals surface area contributed by atoms with Crippen LogP contribution in [0.25, 0.3) is 0 Å². The smallest absolute Gasteiger partial charge is 0.148 e. The number of hydrogen-bond donors (Lipinski definition) is 1. The first kappa shape index (κ1) is 11.9. The summed E-state index contributed by atoms with van der Waals surface area (Å²) in [7, 11) is 3.07. The Bertz CT molecular complexity index is 339. The summed E-state index contributed by atoms with van der Waals surface area (Å²) < 4.78 is 32.3. The second kappa shape index (κ2) is 4.57. The van der Waals surface area contributed by atoms with E-state index in [2.05, 4.69) is 5.32 Å². The molecule has 0 aliphatic heterocycles. The lowest BCUT2D eigenvalue weighted by Gasteiger charge is -2.21. The van der Waals surface area contributed by atoms with Crippen molar-refractivity contribution in [2.75, 3.05) is 20.7 Å². The highest BCUT2D eigenvalue weighted by molar-refractivity contribution is 5.32. The van der Waals surface area contributed by atoms with Crippen molar-refractivity contribution < 1.29 is 13.5 Å². The maximum Gasteiger partial charge on any atom is 0.148 e. The Kier molecular flexibility index (Phi) is 3.63. The van der Waals surface area contributed by atoms with Gasteiger partial charge in [-0.3, -0.25) is 0 Å². The van der Waals surface area contributed by atoms with Crippen molar-refractivity contribution in [1.29, 1.82) is 0 Å². The summed E-state index contributed by atoms with van der Waals surface area (Å²) >= 11 is 0. The fraction of sp³-hybridized carbons (Fsp3) is 0.455. The highest BCUT2D eigenvalue weighted by Crippen LogP contribution is 2.29. The molecular formula is C11H15F2NO. The molecule has 1 aromatic carbocycles. The van der Waals surface area contributed by atoms with E-state index >= 15 is 0 Å². The van der Waals surface area contributed by atoms with E-state index in [1.807, 2.05) is 0 Å². The SMILES string of the molecule is CNCC(C)(F)c1ccc(OC)cc1F. The summed E-state index contributed by atoms with van der Waals surface area (Å²) in [6, 6.07) is 4.14. The minimum Gasteiger partial charge on any atom is -0.497 e. The van der Waals surface area contributed by atoms with Gasteiger partial charge in [-0.2, -0.15) is 0 Å². The maximum atomic E-state index is 14.0. The van der Waals surface area contributed by atoms with E-state index in [0.29, 0.717) is 5.75 Å². The third-order valence-electron chi connectivity index (χ3n) is 2.25. The van der Waals surface area contributed by atoms with Gasteiger partial charge in [0.25, 0.3) is 0 Å². The zero-order chi connectivity index (χ0) is 11.5. The Hall–Kier alpha value is -1.16. The van der Waals surface area contributed by atoms with E-state index in [0.717, 1.165) is 0 Å². The van der Waals surface area contributed by atoms with Crippen LogP contribution >= 0.6 is 0 Å². The Morgan fingerprint density at radius 1 is 1.47 bits per heavy atom. The molecule has 1 unspecified atom stereocenters. The molecule has 0 aromatic heterocycles. The van der Waals surface area contributed by atoms with Crippen LogP contribution in [0.2, 0.25) is 0 Å². The zero-order valence-corrected chi connectivity index (χ0v) is 9.10. The summed E-state index contributed by atoms with van der Waals surface area (Å²) in [5.74, 6) is -0.203. The zero-order valence-electron chi connectivity index (χ0n) is 9.10. The van der Waals surface area contributed by atoms with Crippen molar-refractivity contribution in [3.8, 4) is 5.75 Å². The Labute approximate surface area is 88.3 Å². The average molecular weight is 215 g/mol. The molecule has 0 amide bonds. The highest BCUT2D eigenvalue weighted by Gasteiger charge is 2.28. The molecule has 0 aliphatic rings. The lowest BCUT2D eigenvalue weighted by Crippen LogP contribution is -2.30. The van der Waals surface area contributed by atoms with Crippen molar-refractivity contribution in [3.05, 3.63) is 29.6 Å². The number of hydrogen-bond acceptors (Lipinski definition) is 2. The van der Waals surface area contributed by atoms with Crippen LogP contribution in [0.3, 0.4) is 0 Å². The number of halogens is 2. The van der Waals surface area contributed by atoms with Gasteiger partial charge in [0.15, 0.2) is 0 Å². The topological polar surface area (TPSA) is 21.3 Å². The summed E-state index contributed by atoms with van der Waals surface area (Å²) in [5, 5.41) is 2.69. The minimum absolute atomic E-state index is 0.0395. The highest BCUT2D eigenvalue weighted by atomic mass is 19.1. The number of benzene rings is 1. The summed E-state index contributed by atoms with van der Waals surface area (Å²) in [6.45, 7) is 1.41. The molecule has 0 fully saturated rings. The second-order valence-electron chi connectivity index (χ2n) is 3.57. The average Bonchev–Trinajstić information content (AvgIpc) is 2.17. The van der Waals surface area contributed by atoms with E-state index < -0.39 is 11.5 Å². The normalized spacial score (nSPS) is 14.7. The first-order valence-corrected chi connectivity index (χ1v) is 4.69. The molecule has 1 rings (SSSR count). The summed E-state index contributed by atoms with van der Waals surface area (Å²) in [6.07, 6.45) is 0. The van der Waals surface area contributed by atoms with Gasteiger partial charge in [0.2, 0.25) is 0 Å². The lowest BCUT2D eigenvalue weighted by atomic mass is 9.97. The molecule has 0 heterocycles. The number of likely N-dealkylation sites (N-methyl/N-ethyl adjacent to an activating group) is 1. The number of alkyl halides is 1. The Morgan fingerprint density at radius 3 is 2.60 bits per heavy atom. The van der Waals surface area contributed by atoms with Gasteiger partial charge in [-0.1, -0.05) is 0 Å². The molecule has 84 valence electrons. The first-order valence-electron chi connectivity index (χ1n) is 4.69. The molecule has 0 saturated carbocycles. The van der Waals surface area contributed by atoms with Gasteiger partial charge in [0.05, 0.1) is 7.11 Å². The number of rotatable bonds is 4. The van der Waals surface area contributed by atoms with Crippen molar-refractivity contribution in [2.24, 2.45) is 0 Å². The van der Waals surface area contributed by atoms with Gasteiger partial charge in [-0.05, 0) is 26.1 Å². The largest absolute Gasteiger partial charge is 0.497 e. The van der Waals surface area contributed by atoms with E-state index in [-0.39, 0.29) is 12.1 Å². The molecule has 0 radical (unpaired) electrons. The van der Waals surface area contributed by atoms with Gasteiger partial charge in [0, 0.05) is 18.2 Å². The minimum atomic E-state index is -1.72. The van der Waals surface area contributed by atoms with Crippen LogP contribution in [-0.2, 0) is 5.67 Å². The van der Waals surface area contributed by atoms with Gasteiger partial charge in [0.1, 0.15) is 17.2 Å². The summed E-state index contributed by atoms with van der Waals surface area (Å²) in [4.78, 5) is 0. The van der Waals surface area contributed by atoms with Crippen molar-refractivity contribution in [3.63, 3.8) is 0 Å². The fourth-order valence-electron chi connectivity index (χ4n) is 1.47. The molecule has 0 bridgehead atoms. The van der Waals surface area contributed by atoms with E-state index in [9.17, 15) is 8.78 Å².